The van der Waals surface area contributed by atoms with Gasteiger partial charge in [-0.15, -0.1) is 0 Å². The molecule has 1 aliphatic heterocycles. The van der Waals surface area contributed by atoms with E-state index in [2.05, 4.69) is 11.0 Å². The van der Waals surface area contributed by atoms with Gasteiger partial charge in [-0.1, -0.05) is 18.2 Å². The molecular formula is C17H19N3O. The average Bonchev–Trinajstić information content (AvgIpc) is 2.55. The number of aromatic nitrogens is 1. The van der Waals surface area contributed by atoms with Crippen LogP contribution in [0.2, 0.25) is 0 Å². The zero-order valence-corrected chi connectivity index (χ0v) is 12.2. The molecule has 0 amide bonds. The molecule has 1 fully saturated rings. The summed E-state index contributed by atoms with van der Waals surface area (Å²) in [6, 6.07) is 12.0. The van der Waals surface area contributed by atoms with Gasteiger partial charge in [0.05, 0.1) is 17.1 Å². The molecule has 2 aromatic rings. The van der Waals surface area contributed by atoms with Crippen LogP contribution in [0, 0.1) is 17.2 Å². The molecule has 0 bridgehead atoms. The fourth-order valence-electron chi connectivity index (χ4n) is 2.98. The normalized spacial score (nSPS) is 16.1. The molecule has 1 saturated heterocycles. The lowest BCUT2D eigenvalue weighted by Crippen LogP contribution is -2.35. The Balaban J connectivity index is 1.87. The number of piperidine rings is 1. The predicted molar refractivity (Wildman–Crippen MR) is 83.3 cm³/mol. The van der Waals surface area contributed by atoms with Crippen molar-refractivity contribution in [2.24, 2.45) is 5.92 Å². The van der Waals surface area contributed by atoms with E-state index in [4.69, 9.17) is 9.72 Å². The van der Waals surface area contributed by atoms with E-state index in [1.165, 1.54) is 0 Å². The minimum absolute atomic E-state index is 0.641. The number of benzene rings is 1. The van der Waals surface area contributed by atoms with Gasteiger partial charge in [-0.25, -0.2) is 4.98 Å². The van der Waals surface area contributed by atoms with Crippen LogP contribution in [-0.4, -0.2) is 31.8 Å². The Kier molecular flexibility index (Phi) is 4.03. The van der Waals surface area contributed by atoms with Crippen LogP contribution in [0.5, 0.6) is 0 Å². The maximum Gasteiger partial charge on any atom is 0.130 e. The van der Waals surface area contributed by atoms with Crippen LogP contribution in [0.15, 0.2) is 30.3 Å². The van der Waals surface area contributed by atoms with Gasteiger partial charge < -0.3 is 9.64 Å². The molecule has 4 nitrogen and oxygen atoms in total. The minimum Gasteiger partial charge on any atom is -0.384 e. The number of nitrogens with zero attached hydrogens (tertiary/aromatic N) is 3. The van der Waals surface area contributed by atoms with Crippen LogP contribution in [0.25, 0.3) is 10.9 Å². The largest absolute Gasteiger partial charge is 0.384 e. The number of pyridine rings is 1. The summed E-state index contributed by atoms with van der Waals surface area (Å²) >= 11 is 0. The van der Waals surface area contributed by atoms with Crippen molar-refractivity contribution >= 4 is 16.7 Å². The Labute approximate surface area is 125 Å². The molecule has 108 valence electrons. The van der Waals surface area contributed by atoms with E-state index < -0.39 is 0 Å². The van der Waals surface area contributed by atoms with Gasteiger partial charge in [-0.3, -0.25) is 0 Å². The molecule has 0 saturated carbocycles. The maximum absolute atomic E-state index is 9.36. The fourth-order valence-corrected chi connectivity index (χ4v) is 2.98. The SMILES string of the molecule is COCC1CCN(c2cc(C#N)c3ccccc3n2)CC1. The number of fused-ring (bicyclic) bond motifs is 1. The Bertz CT molecular complexity index is 669. The molecule has 3 rings (SSSR count). The molecule has 0 unspecified atom stereocenters. The molecule has 1 aliphatic rings. The first-order valence-electron chi connectivity index (χ1n) is 7.35. The number of hydrogen-bond donors (Lipinski definition) is 0. The van der Waals surface area contributed by atoms with Crippen LogP contribution in [0.1, 0.15) is 18.4 Å². The first-order chi connectivity index (χ1) is 10.3. The summed E-state index contributed by atoms with van der Waals surface area (Å²) in [5, 5.41) is 10.3. The first kappa shape index (κ1) is 13.8. The van der Waals surface area contributed by atoms with E-state index in [1.807, 2.05) is 30.3 Å². The number of anilines is 1. The molecule has 1 aromatic heterocycles. The Morgan fingerprint density at radius 1 is 1.33 bits per heavy atom. The molecule has 0 radical (unpaired) electrons. The summed E-state index contributed by atoms with van der Waals surface area (Å²) < 4.78 is 5.24. The van der Waals surface area contributed by atoms with Gasteiger partial charge >= 0.3 is 0 Å². The van der Waals surface area contributed by atoms with Gasteiger partial charge in [0.1, 0.15) is 5.82 Å². The fraction of sp³-hybridized carbons (Fsp3) is 0.412. The van der Waals surface area contributed by atoms with Crippen LogP contribution in [0.4, 0.5) is 5.82 Å². The minimum atomic E-state index is 0.641. The van der Waals surface area contributed by atoms with Gasteiger partial charge in [0.15, 0.2) is 0 Å². The lowest BCUT2D eigenvalue weighted by atomic mass is 9.97. The monoisotopic (exact) mass is 281 g/mol. The zero-order valence-electron chi connectivity index (χ0n) is 12.2. The van der Waals surface area contributed by atoms with Gasteiger partial charge in [0, 0.05) is 32.2 Å². The molecule has 4 heteroatoms. The molecule has 1 aromatic carbocycles. The highest BCUT2D eigenvalue weighted by atomic mass is 16.5. The van der Waals surface area contributed by atoms with Crippen molar-refractivity contribution in [3.8, 4) is 6.07 Å². The molecule has 0 aliphatic carbocycles. The second-order valence-corrected chi connectivity index (χ2v) is 5.54. The number of methoxy groups -OCH3 is 1. The molecule has 21 heavy (non-hydrogen) atoms. The van der Waals surface area contributed by atoms with E-state index in [-0.39, 0.29) is 0 Å². The van der Waals surface area contributed by atoms with Crippen molar-refractivity contribution in [1.29, 1.82) is 5.26 Å². The lowest BCUT2D eigenvalue weighted by molar-refractivity contribution is 0.139. The van der Waals surface area contributed by atoms with Crippen molar-refractivity contribution in [1.82, 2.24) is 4.98 Å². The Morgan fingerprint density at radius 3 is 2.81 bits per heavy atom. The van der Waals surface area contributed by atoms with E-state index in [0.717, 1.165) is 49.3 Å². The number of nitriles is 1. The standard InChI is InChI=1S/C17H19N3O/c1-21-12-13-6-8-20(9-7-13)17-10-14(11-18)15-4-2-3-5-16(15)19-17/h2-5,10,13H,6-9,12H2,1H3. The van der Waals surface area contributed by atoms with Gasteiger partial charge in [-0.2, -0.15) is 5.26 Å². The number of para-hydroxylation sites is 1. The van der Waals surface area contributed by atoms with Crippen LogP contribution in [-0.2, 0) is 4.74 Å². The lowest BCUT2D eigenvalue weighted by Gasteiger charge is -2.32. The third-order valence-corrected chi connectivity index (χ3v) is 4.16. The molecule has 0 atom stereocenters. The van der Waals surface area contributed by atoms with Gasteiger partial charge in [-0.05, 0) is 30.9 Å². The summed E-state index contributed by atoms with van der Waals surface area (Å²) in [6.45, 7) is 2.79. The predicted octanol–water partition coefficient (Wildman–Crippen LogP) is 2.97. The highest BCUT2D eigenvalue weighted by molar-refractivity contribution is 5.86. The summed E-state index contributed by atoms with van der Waals surface area (Å²) in [5.41, 5.74) is 1.60. The van der Waals surface area contributed by atoms with Crippen molar-refractivity contribution in [2.45, 2.75) is 12.8 Å². The summed E-state index contributed by atoms with van der Waals surface area (Å²) in [7, 11) is 1.76. The zero-order chi connectivity index (χ0) is 14.7. The molecular weight excluding hydrogens is 262 g/mol. The van der Waals surface area contributed by atoms with Crippen LogP contribution >= 0.6 is 0 Å². The smallest absolute Gasteiger partial charge is 0.130 e. The van der Waals surface area contributed by atoms with Crippen molar-refractivity contribution in [2.75, 3.05) is 31.7 Å². The number of ether oxygens (including phenoxy) is 1. The molecule has 2 heterocycles. The second kappa shape index (κ2) is 6.11. The maximum atomic E-state index is 9.36. The van der Waals surface area contributed by atoms with E-state index in [1.54, 1.807) is 7.11 Å². The van der Waals surface area contributed by atoms with Crippen molar-refractivity contribution in [3.63, 3.8) is 0 Å². The highest BCUT2D eigenvalue weighted by Gasteiger charge is 2.20. The third-order valence-electron chi connectivity index (χ3n) is 4.16. The number of rotatable bonds is 3. The third kappa shape index (κ3) is 2.84. The van der Waals surface area contributed by atoms with Crippen LogP contribution < -0.4 is 4.90 Å². The summed E-state index contributed by atoms with van der Waals surface area (Å²) in [6.07, 6.45) is 2.23. The molecule has 0 spiro atoms. The Hall–Kier alpha value is -2.12. The quantitative estimate of drug-likeness (QED) is 0.868. The topological polar surface area (TPSA) is 49.1 Å². The van der Waals surface area contributed by atoms with Crippen molar-refractivity contribution in [3.05, 3.63) is 35.9 Å². The van der Waals surface area contributed by atoms with E-state index in [0.29, 0.717) is 11.5 Å². The summed E-state index contributed by atoms with van der Waals surface area (Å²) in [4.78, 5) is 7.00. The van der Waals surface area contributed by atoms with Crippen LogP contribution in [0.3, 0.4) is 0 Å². The van der Waals surface area contributed by atoms with Gasteiger partial charge in [0.25, 0.3) is 0 Å². The highest BCUT2D eigenvalue weighted by Crippen LogP contribution is 2.26. The van der Waals surface area contributed by atoms with E-state index in [9.17, 15) is 5.26 Å². The molecule has 0 N–H and O–H groups in total. The second-order valence-electron chi connectivity index (χ2n) is 5.54. The average molecular weight is 281 g/mol. The Morgan fingerprint density at radius 2 is 2.10 bits per heavy atom. The first-order valence-corrected chi connectivity index (χ1v) is 7.35. The van der Waals surface area contributed by atoms with Gasteiger partial charge in [0.2, 0.25) is 0 Å². The van der Waals surface area contributed by atoms with E-state index >= 15 is 0 Å². The summed E-state index contributed by atoms with van der Waals surface area (Å²) in [5.74, 6) is 1.56. The number of hydrogen-bond acceptors (Lipinski definition) is 4. The van der Waals surface area contributed by atoms with Crippen molar-refractivity contribution < 1.29 is 4.74 Å².